The van der Waals surface area contributed by atoms with Gasteiger partial charge < -0.3 is 33.8 Å². The number of hydrogen-bond acceptors (Lipinski definition) is 15. The van der Waals surface area contributed by atoms with Crippen LogP contribution in [0.2, 0.25) is 0 Å². The molecule has 0 fully saturated rings. The number of unbranched alkanes of at least 4 members (excludes halogenated alkanes) is 62. The molecule has 0 amide bonds. The molecule has 0 radical (unpaired) electrons. The minimum Gasteiger partial charge on any atom is -0.462 e. The second kappa shape index (κ2) is 86.0. The fourth-order valence-electron chi connectivity index (χ4n) is 14.9. The lowest BCUT2D eigenvalue weighted by Gasteiger charge is -2.21. The van der Waals surface area contributed by atoms with Gasteiger partial charge in [0.05, 0.1) is 26.4 Å². The molecule has 17 nitrogen and oxygen atoms in total. The predicted molar refractivity (Wildman–Crippen MR) is 474 cm³/mol. The number of carbonyl (C=O) groups is 4. The van der Waals surface area contributed by atoms with E-state index in [1.165, 1.54) is 334 Å². The fraction of sp³-hybridized carbons (Fsp3) is 0.958. The normalized spacial score (nSPS) is 14.1. The van der Waals surface area contributed by atoms with Gasteiger partial charge in [-0.25, -0.2) is 9.13 Å². The van der Waals surface area contributed by atoms with Crippen LogP contribution in [0.5, 0.6) is 0 Å². The Morgan fingerprint density at radius 1 is 0.246 bits per heavy atom. The average molecular weight is 1660 g/mol. The summed E-state index contributed by atoms with van der Waals surface area (Å²) in [6.07, 6.45) is 81.9. The summed E-state index contributed by atoms with van der Waals surface area (Å²) in [6, 6.07) is 0. The molecular formula is C95H186O17P2. The summed E-state index contributed by atoms with van der Waals surface area (Å²) >= 11 is 0. The Kier molecular flexibility index (Phi) is 84.6. The first kappa shape index (κ1) is 112. The van der Waals surface area contributed by atoms with Crippen molar-refractivity contribution in [3.63, 3.8) is 0 Å². The molecule has 0 heterocycles. The third-order valence-electron chi connectivity index (χ3n) is 23.2. The van der Waals surface area contributed by atoms with Crippen LogP contribution in [0.25, 0.3) is 0 Å². The largest absolute Gasteiger partial charge is 0.472 e. The van der Waals surface area contributed by atoms with Crippen molar-refractivity contribution in [2.75, 3.05) is 39.6 Å². The van der Waals surface area contributed by atoms with Crippen molar-refractivity contribution in [2.45, 2.75) is 535 Å². The van der Waals surface area contributed by atoms with Crippen molar-refractivity contribution in [3.05, 3.63) is 0 Å². The van der Waals surface area contributed by atoms with Gasteiger partial charge in [0.2, 0.25) is 0 Å². The SMILES string of the molecule is CCCCCCCCCCCCCCCCCCCCCCCC(=O)OC[C@H](COP(=O)(O)OC[C@@H](O)COP(=O)(O)OC[C@@H](COC(=O)CCCCCCCCCCCCCCC)OC(=O)CCCCCCCCCCCCCCCCC(C)CC)OC(=O)CCCCCCCCCCCCCCCCCCCCC(C)CC. The van der Waals surface area contributed by atoms with Crippen molar-refractivity contribution in [1.82, 2.24) is 0 Å². The Morgan fingerprint density at radius 3 is 0.623 bits per heavy atom. The zero-order valence-electron chi connectivity index (χ0n) is 75.4. The first-order valence-corrected chi connectivity index (χ1v) is 52.1. The van der Waals surface area contributed by atoms with E-state index in [9.17, 15) is 43.2 Å². The second-order valence-electron chi connectivity index (χ2n) is 34.6. The first-order valence-electron chi connectivity index (χ1n) is 49.1. The molecule has 678 valence electrons. The van der Waals surface area contributed by atoms with Gasteiger partial charge in [-0.3, -0.25) is 37.3 Å². The molecule has 19 heteroatoms. The maximum Gasteiger partial charge on any atom is 0.472 e. The van der Waals surface area contributed by atoms with Crippen molar-refractivity contribution in [1.29, 1.82) is 0 Å². The molecule has 0 aliphatic carbocycles. The zero-order valence-corrected chi connectivity index (χ0v) is 77.2. The van der Waals surface area contributed by atoms with E-state index >= 15 is 0 Å². The van der Waals surface area contributed by atoms with Crippen LogP contribution in [0.3, 0.4) is 0 Å². The van der Waals surface area contributed by atoms with E-state index in [0.717, 1.165) is 102 Å². The zero-order chi connectivity index (χ0) is 83.4. The van der Waals surface area contributed by atoms with Crippen LogP contribution in [-0.4, -0.2) is 96.7 Å². The molecule has 0 aromatic rings. The molecule has 7 atom stereocenters. The maximum atomic E-state index is 13.2. The van der Waals surface area contributed by atoms with Gasteiger partial charge in [-0.05, 0) is 37.5 Å². The summed E-state index contributed by atoms with van der Waals surface area (Å²) in [5, 5.41) is 10.7. The lowest BCUT2D eigenvalue weighted by atomic mass is 9.99. The van der Waals surface area contributed by atoms with E-state index in [1.807, 2.05) is 0 Å². The molecule has 0 aliphatic heterocycles. The highest BCUT2D eigenvalue weighted by Gasteiger charge is 2.31. The number of esters is 4. The molecule has 0 saturated carbocycles. The summed E-state index contributed by atoms with van der Waals surface area (Å²) in [6.45, 7) is 9.85. The second-order valence-corrected chi connectivity index (χ2v) is 37.5. The third-order valence-corrected chi connectivity index (χ3v) is 25.1. The number of ether oxygens (including phenoxy) is 4. The number of aliphatic hydroxyl groups excluding tert-OH is 1. The summed E-state index contributed by atoms with van der Waals surface area (Å²) in [5.41, 5.74) is 0. The molecule has 0 aliphatic rings. The highest BCUT2D eigenvalue weighted by atomic mass is 31.2. The van der Waals surface area contributed by atoms with Crippen LogP contribution in [0, 0.1) is 11.8 Å². The topological polar surface area (TPSA) is 237 Å². The lowest BCUT2D eigenvalue weighted by molar-refractivity contribution is -0.161. The fourth-order valence-corrected chi connectivity index (χ4v) is 16.5. The quantitative estimate of drug-likeness (QED) is 0.0222. The summed E-state index contributed by atoms with van der Waals surface area (Å²) in [4.78, 5) is 73.6. The monoisotopic (exact) mass is 1660 g/mol. The van der Waals surface area contributed by atoms with Crippen LogP contribution in [0.15, 0.2) is 0 Å². The first-order chi connectivity index (χ1) is 55.4. The van der Waals surface area contributed by atoms with E-state index in [2.05, 4.69) is 41.5 Å². The molecule has 0 spiro atoms. The molecule has 0 rings (SSSR count). The van der Waals surface area contributed by atoms with Gasteiger partial charge >= 0.3 is 39.5 Å². The summed E-state index contributed by atoms with van der Waals surface area (Å²) in [5.74, 6) is -0.373. The molecule has 0 aromatic heterocycles. The van der Waals surface area contributed by atoms with E-state index in [-0.39, 0.29) is 25.7 Å². The van der Waals surface area contributed by atoms with Gasteiger partial charge in [0.25, 0.3) is 0 Å². The van der Waals surface area contributed by atoms with Crippen LogP contribution < -0.4 is 0 Å². The van der Waals surface area contributed by atoms with Crippen molar-refractivity contribution < 1.29 is 80.2 Å². The number of carbonyl (C=O) groups excluding carboxylic acids is 4. The molecule has 0 aromatic carbocycles. The molecular weight excluding hydrogens is 1470 g/mol. The van der Waals surface area contributed by atoms with Crippen molar-refractivity contribution in [3.8, 4) is 0 Å². The van der Waals surface area contributed by atoms with Crippen molar-refractivity contribution in [2.24, 2.45) is 11.8 Å². The molecule has 0 saturated heterocycles. The number of phosphoric acid groups is 2. The highest BCUT2D eigenvalue weighted by molar-refractivity contribution is 7.47. The van der Waals surface area contributed by atoms with Gasteiger partial charge in [0.15, 0.2) is 12.2 Å². The Labute approximate surface area is 702 Å². The molecule has 3 N–H and O–H groups in total. The highest BCUT2D eigenvalue weighted by Crippen LogP contribution is 2.45. The van der Waals surface area contributed by atoms with Gasteiger partial charge in [-0.1, -0.05) is 465 Å². The maximum absolute atomic E-state index is 13.2. The molecule has 114 heavy (non-hydrogen) atoms. The third kappa shape index (κ3) is 85.1. The summed E-state index contributed by atoms with van der Waals surface area (Å²) < 4.78 is 69.2. The smallest absolute Gasteiger partial charge is 0.462 e. The number of phosphoric ester groups is 2. The predicted octanol–water partition coefficient (Wildman–Crippen LogP) is 29.7. The van der Waals surface area contributed by atoms with Crippen molar-refractivity contribution >= 4 is 39.5 Å². The van der Waals surface area contributed by atoms with E-state index in [1.54, 1.807) is 0 Å². The standard InChI is InChI=1S/C95H186O17P2/c1-7-11-13-15-17-19-21-23-24-25-26-27-28-32-35-42-48-54-60-66-72-78-93(98)106-84-91(111-94(99)79-73-67-61-55-49-43-36-33-30-29-31-34-40-45-51-57-63-69-75-87(5)9-3)86-110-114(103,104)108-82-89(96)81-107-113(101,102)109-85-90(83-105-92(97)77-71-65-59-53-47-39-22-20-18-16-14-12-8-2)112-95(100)80-74-68-62-56-50-44-38-37-41-46-52-58-64-70-76-88(6)10-4/h87-91,96H,7-86H2,1-6H3,(H,101,102)(H,103,104)/t87?,88?,89-,90+,91+/m0/s1. The van der Waals surface area contributed by atoms with Crippen LogP contribution in [0.4, 0.5) is 0 Å². The number of aliphatic hydroxyl groups is 1. The molecule has 4 unspecified atom stereocenters. The van der Waals surface area contributed by atoms with Crippen LogP contribution in [-0.2, 0) is 65.4 Å². The number of hydrogen-bond donors (Lipinski definition) is 3. The summed E-state index contributed by atoms with van der Waals surface area (Å²) in [7, 11) is -9.94. The van der Waals surface area contributed by atoms with E-state index in [0.29, 0.717) is 25.7 Å². The van der Waals surface area contributed by atoms with Gasteiger partial charge in [-0.2, -0.15) is 0 Å². The Balaban J connectivity index is 5.26. The van der Waals surface area contributed by atoms with Gasteiger partial charge in [-0.15, -0.1) is 0 Å². The molecule has 0 bridgehead atoms. The minimum atomic E-state index is -4.97. The van der Waals surface area contributed by atoms with Crippen LogP contribution >= 0.6 is 15.6 Å². The minimum absolute atomic E-state index is 0.109. The Morgan fingerprint density at radius 2 is 0.421 bits per heavy atom. The van der Waals surface area contributed by atoms with Crippen LogP contribution in [0.1, 0.15) is 517 Å². The van der Waals surface area contributed by atoms with E-state index in [4.69, 9.17) is 37.0 Å². The van der Waals surface area contributed by atoms with E-state index < -0.39 is 97.5 Å². The Bertz CT molecular complexity index is 2170. The average Bonchev–Trinajstić information content (AvgIpc) is 1.37. The number of rotatable bonds is 94. The Hall–Kier alpha value is -1.94. The van der Waals surface area contributed by atoms with Gasteiger partial charge in [0.1, 0.15) is 19.3 Å². The van der Waals surface area contributed by atoms with Gasteiger partial charge in [0, 0.05) is 25.7 Å². The lowest BCUT2D eigenvalue weighted by Crippen LogP contribution is -2.30.